The molecule has 3 rings (SSSR count). The fourth-order valence-corrected chi connectivity index (χ4v) is 4.78. The molecule has 0 aromatic heterocycles. The Kier molecular flexibility index (Phi) is 7.67. The molecule has 1 aromatic rings. The summed E-state index contributed by atoms with van der Waals surface area (Å²) >= 11 is 0. The summed E-state index contributed by atoms with van der Waals surface area (Å²) in [5.41, 5.74) is 1.03. The van der Waals surface area contributed by atoms with Crippen molar-refractivity contribution in [3.63, 3.8) is 0 Å². The van der Waals surface area contributed by atoms with E-state index >= 15 is 0 Å². The zero-order chi connectivity index (χ0) is 20.7. The first kappa shape index (κ1) is 21.8. The SMILES string of the molecule is CCN1C(=O)C2(CCN(CCCc3ccccc3)CC2)CC1C(=O)NCCOC. The van der Waals surface area contributed by atoms with Crippen molar-refractivity contribution in [3.8, 4) is 0 Å². The maximum Gasteiger partial charge on any atom is 0.242 e. The Bertz CT molecular complexity index is 671. The molecule has 1 spiro atoms. The molecule has 6 nitrogen and oxygen atoms in total. The number of likely N-dealkylation sites (N-methyl/N-ethyl adjacent to an activating group) is 1. The van der Waals surface area contributed by atoms with Crippen LogP contribution in [0.1, 0.15) is 38.2 Å². The quantitative estimate of drug-likeness (QED) is 0.644. The maximum atomic E-state index is 13.2. The highest BCUT2D eigenvalue weighted by molar-refractivity contribution is 5.94. The molecule has 0 saturated carbocycles. The first-order valence-electron chi connectivity index (χ1n) is 10.9. The topological polar surface area (TPSA) is 61.9 Å². The van der Waals surface area contributed by atoms with Gasteiger partial charge in [0.15, 0.2) is 0 Å². The Balaban J connectivity index is 1.50. The van der Waals surface area contributed by atoms with Crippen molar-refractivity contribution in [2.24, 2.45) is 5.41 Å². The van der Waals surface area contributed by atoms with E-state index in [-0.39, 0.29) is 23.3 Å². The summed E-state index contributed by atoms with van der Waals surface area (Å²) in [5, 5.41) is 2.92. The van der Waals surface area contributed by atoms with Crippen molar-refractivity contribution in [3.05, 3.63) is 35.9 Å². The first-order chi connectivity index (χ1) is 14.1. The van der Waals surface area contributed by atoms with Crippen molar-refractivity contribution in [2.45, 2.75) is 45.1 Å². The third kappa shape index (κ3) is 5.17. The Hall–Kier alpha value is -1.92. The van der Waals surface area contributed by atoms with Crippen LogP contribution >= 0.6 is 0 Å². The van der Waals surface area contributed by atoms with Crippen LogP contribution in [0.4, 0.5) is 0 Å². The molecule has 1 N–H and O–H groups in total. The zero-order valence-electron chi connectivity index (χ0n) is 17.9. The lowest BCUT2D eigenvalue weighted by atomic mass is 9.76. The number of ether oxygens (including phenoxy) is 1. The minimum absolute atomic E-state index is 0.0422. The Morgan fingerprint density at radius 2 is 1.97 bits per heavy atom. The molecule has 0 bridgehead atoms. The van der Waals surface area contributed by atoms with E-state index in [4.69, 9.17) is 4.74 Å². The third-order valence-corrected chi connectivity index (χ3v) is 6.52. The van der Waals surface area contributed by atoms with Gasteiger partial charge in [0.2, 0.25) is 11.8 Å². The molecule has 1 unspecified atom stereocenters. The molecule has 2 saturated heterocycles. The molecule has 0 radical (unpaired) electrons. The van der Waals surface area contributed by atoms with E-state index in [9.17, 15) is 9.59 Å². The minimum Gasteiger partial charge on any atom is -0.383 e. The molecule has 2 heterocycles. The van der Waals surface area contributed by atoms with Gasteiger partial charge in [0, 0.05) is 20.2 Å². The molecule has 160 valence electrons. The van der Waals surface area contributed by atoms with Gasteiger partial charge in [-0.15, -0.1) is 0 Å². The highest BCUT2D eigenvalue weighted by Gasteiger charge is 2.53. The fourth-order valence-electron chi connectivity index (χ4n) is 4.78. The molecule has 2 fully saturated rings. The fraction of sp³-hybridized carbons (Fsp3) is 0.652. The summed E-state index contributed by atoms with van der Waals surface area (Å²) in [7, 11) is 1.62. The van der Waals surface area contributed by atoms with E-state index in [1.54, 1.807) is 12.0 Å². The van der Waals surface area contributed by atoms with Gasteiger partial charge in [-0.05, 0) is 64.2 Å². The standard InChI is InChI=1S/C23H35N3O3/c1-3-26-20(21(27)24-13-17-29-2)18-23(22(26)28)11-15-25(16-12-23)14-7-10-19-8-5-4-6-9-19/h4-6,8-9,20H,3,7,10-18H2,1-2H3,(H,24,27). The van der Waals surface area contributed by atoms with Crippen LogP contribution in [-0.2, 0) is 20.7 Å². The summed E-state index contributed by atoms with van der Waals surface area (Å²) in [6.07, 6.45) is 4.59. The second kappa shape index (κ2) is 10.2. The number of hydrogen-bond acceptors (Lipinski definition) is 4. The van der Waals surface area contributed by atoms with E-state index in [0.29, 0.717) is 26.1 Å². The van der Waals surface area contributed by atoms with E-state index in [1.165, 1.54) is 5.56 Å². The average Bonchev–Trinajstić information content (AvgIpc) is 3.02. The van der Waals surface area contributed by atoms with Crippen molar-refractivity contribution >= 4 is 11.8 Å². The molecule has 6 heteroatoms. The van der Waals surface area contributed by atoms with Crippen LogP contribution in [-0.4, -0.2) is 74.1 Å². The van der Waals surface area contributed by atoms with Gasteiger partial charge in [-0.2, -0.15) is 0 Å². The van der Waals surface area contributed by atoms with Crippen LogP contribution < -0.4 is 5.32 Å². The number of benzene rings is 1. The maximum absolute atomic E-state index is 13.2. The molecule has 2 aliphatic rings. The van der Waals surface area contributed by atoms with Crippen molar-refractivity contribution < 1.29 is 14.3 Å². The smallest absolute Gasteiger partial charge is 0.242 e. The van der Waals surface area contributed by atoms with E-state index in [2.05, 4.69) is 40.5 Å². The monoisotopic (exact) mass is 401 g/mol. The summed E-state index contributed by atoms with van der Waals surface area (Å²) in [6.45, 7) is 6.47. The van der Waals surface area contributed by atoms with Crippen LogP contribution in [0.3, 0.4) is 0 Å². The molecular formula is C23H35N3O3. The van der Waals surface area contributed by atoms with Gasteiger partial charge in [-0.1, -0.05) is 30.3 Å². The predicted octanol–water partition coefficient (Wildman–Crippen LogP) is 2.08. The average molecular weight is 402 g/mol. The highest BCUT2D eigenvalue weighted by atomic mass is 16.5. The number of piperidine rings is 1. The summed E-state index contributed by atoms with van der Waals surface area (Å²) in [6, 6.07) is 10.3. The number of amides is 2. The molecular weight excluding hydrogens is 366 g/mol. The summed E-state index contributed by atoms with van der Waals surface area (Å²) < 4.78 is 5.01. The van der Waals surface area contributed by atoms with Gasteiger partial charge in [0.1, 0.15) is 6.04 Å². The van der Waals surface area contributed by atoms with E-state index < -0.39 is 0 Å². The molecule has 29 heavy (non-hydrogen) atoms. The second-order valence-corrected chi connectivity index (χ2v) is 8.31. The highest BCUT2D eigenvalue weighted by Crippen LogP contribution is 2.44. The number of carbonyl (C=O) groups is 2. The Morgan fingerprint density at radius 1 is 1.24 bits per heavy atom. The summed E-state index contributed by atoms with van der Waals surface area (Å²) in [5.74, 6) is 0.134. The van der Waals surface area contributed by atoms with Gasteiger partial charge >= 0.3 is 0 Å². The van der Waals surface area contributed by atoms with E-state index in [1.807, 2.05) is 6.92 Å². The minimum atomic E-state index is -0.352. The Morgan fingerprint density at radius 3 is 2.62 bits per heavy atom. The van der Waals surface area contributed by atoms with Crippen LogP contribution in [0.2, 0.25) is 0 Å². The number of rotatable bonds is 9. The Labute approximate surface area is 174 Å². The summed E-state index contributed by atoms with van der Waals surface area (Å²) in [4.78, 5) is 30.1. The van der Waals surface area contributed by atoms with Gasteiger partial charge in [0.25, 0.3) is 0 Å². The number of aryl methyl sites for hydroxylation is 1. The lowest BCUT2D eigenvalue weighted by molar-refractivity contribution is -0.141. The molecule has 2 amide bonds. The van der Waals surface area contributed by atoms with Gasteiger partial charge in [-0.3, -0.25) is 9.59 Å². The van der Waals surface area contributed by atoms with Crippen LogP contribution in [0, 0.1) is 5.41 Å². The molecule has 2 aliphatic heterocycles. The number of nitrogens with zero attached hydrogens (tertiary/aromatic N) is 2. The van der Waals surface area contributed by atoms with Gasteiger partial charge in [0.05, 0.1) is 12.0 Å². The van der Waals surface area contributed by atoms with Crippen LogP contribution in [0.15, 0.2) is 30.3 Å². The lowest BCUT2D eigenvalue weighted by Gasteiger charge is -2.37. The number of nitrogens with one attached hydrogen (secondary N) is 1. The van der Waals surface area contributed by atoms with Crippen LogP contribution in [0.5, 0.6) is 0 Å². The van der Waals surface area contributed by atoms with Crippen molar-refractivity contribution in [2.75, 3.05) is 46.4 Å². The molecule has 0 aliphatic carbocycles. The second-order valence-electron chi connectivity index (χ2n) is 8.31. The predicted molar refractivity (Wildman–Crippen MR) is 114 cm³/mol. The number of likely N-dealkylation sites (tertiary alicyclic amines) is 2. The third-order valence-electron chi connectivity index (χ3n) is 6.52. The molecule has 1 aromatic carbocycles. The van der Waals surface area contributed by atoms with Crippen LogP contribution in [0.25, 0.3) is 0 Å². The zero-order valence-corrected chi connectivity index (χ0v) is 17.9. The number of carbonyl (C=O) groups excluding carboxylic acids is 2. The first-order valence-corrected chi connectivity index (χ1v) is 10.9. The number of methoxy groups -OCH3 is 1. The van der Waals surface area contributed by atoms with Crippen molar-refractivity contribution in [1.82, 2.24) is 15.1 Å². The van der Waals surface area contributed by atoms with Gasteiger partial charge in [-0.25, -0.2) is 0 Å². The largest absolute Gasteiger partial charge is 0.383 e. The van der Waals surface area contributed by atoms with E-state index in [0.717, 1.165) is 45.3 Å². The van der Waals surface area contributed by atoms with Gasteiger partial charge < -0.3 is 19.9 Å². The lowest BCUT2D eigenvalue weighted by Crippen LogP contribution is -2.46. The molecule has 1 atom stereocenters. The normalized spacial score (nSPS) is 21.7. The van der Waals surface area contributed by atoms with Crippen molar-refractivity contribution in [1.29, 1.82) is 0 Å². The number of hydrogen-bond donors (Lipinski definition) is 1.